The van der Waals surface area contributed by atoms with Gasteiger partial charge in [0.25, 0.3) is 0 Å². The number of nitrogens with one attached hydrogen (secondary N) is 1. The van der Waals surface area contributed by atoms with Crippen LogP contribution in [0.1, 0.15) is 17.5 Å². The number of pyridine rings is 1. The maximum absolute atomic E-state index is 12.4. The summed E-state index contributed by atoms with van der Waals surface area (Å²) in [6, 6.07) is 19.0. The molecule has 152 valence electrons. The average molecular weight is 438 g/mol. The topological polar surface area (TPSA) is 75.0 Å². The fourth-order valence-electron chi connectivity index (χ4n) is 2.79. The molecule has 1 heterocycles. The molecular formula is C23H20ClN3O2S. The smallest absolute Gasteiger partial charge is 0.225 e. The van der Waals surface area contributed by atoms with Crippen LogP contribution in [0.15, 0.2) is 59.6 Å². The zero-order valence-corrected chi connectivity index (χ0v) is 18.2. The first-order valence-electron chi connectivity index (χ1n) is 9.25. The molecule has 1 amide bonds. The molecule has 5 nitrogen and oxygen atoms in total. The molecule has 3 rings (SSSR count). The molecule has 2 aromatic carbocycles. The second-order valence-corrected chi connectivity index (χ2v) is 7.97. The van der Waals surface area contributed by atoms with Crippen LogP contribution in [0.4, 0.5) is 5.69 Å². The third-order valence-electron chi connectivity index (χ3n) is 4.37. The van der Waals surface area contributed by atoms with Gasteiger partial charge in [-0.25, -0.2) is 4.98 Å². The molecule has 0 bridgehead atoms. The first-order chi connectivity index (χ1) is 14.5. The van der Waals surface area contributed by atoms with E-state index in [0.717, 1.165) is 16.8 Å². The lowest BCUT2D eigenvalue weighted by Crippen LogP contribution is -2.13. The highest BCUT2D eigenvalue weighted by Crippen LogP contribution is 2.31. The Hall–Kier alpha value is -3.01. The van der Waals surface area contributed by atoms with Crippen LogP contribution in [0.2, 0.25) is 5.02 Å². The first kappa shape index (κ1) is 21.7. The molecule has 0 fully saturated rings. The molecule has 0 saturated heterocycles. The number of hydrogen-bond donors (Lipinski definition) is 1. The Labute approximate surface area is 185 Å². The number of thioether (sulfide) groups is 1. The van der Waals surface area contributed by atoms with E-state index >= 15 is 0 Å². The molecule has 7 heteroatoms. The second kappa shape index (κ2) is 10.1. The van der Waals surface area contributed by atoms with E-state index in [-0.39, 0.29) is 12.3 Å². The fourth-order valence-corrected chi connectivity index (χ4v) is 3.85. The molecule has 0 aliphatic rings. The molecule has 0 atom stereocenters. The Morgan fingerprint density at radius 2 is 2.00 bits per heavy atom. The quantitative estimate of drug-likeness (QED) is 0.479. The molecule has 0 saturated carbocycles. The van der Waals surface area contributed by atoms with Gasteiger partial charge in [0.05, 0.1) is 24.1 Å². The van der Waals surface area contributed by atoms with Gasteiger partial charge >= 0.3 is 0 Å². The van der Waals surface area contributed by atoms with Crippen LogP contribution >= 0.6 is 23.4 Å². The predicted octanol–water partition coefficient (Wildman–Crippen LogP) is 5.71. The molecule has 0 aliphatic heterocycles. The van der Waals surface area contributed by atoms with E-state index in [1.807, 2.05) is 43.3 Å². The number of benzene rings is 2. The van der Waals surface area contributed by atoms with Crippen LogP contribution in [-0.4, -0.2) is 23.8 Å². The number of anilines is 1. The molecule has 1 N–H and O–H groups in total. The van der Waals surface area contributed by atoms with E-state index in [1.165, 1.54) is 18.9 Å². The summed E-state index contributed by atoms with van der Waals surface area (Å²) in [5.41, 5.74) is 3.70. The number of hydrogen-bond acceptors (Lipinski definition) is 5. The van der Waals surface area contributed by atoms with Gasteiger partial charge in [-0.3, -0.25) is 4.79 Å². The lowest BCUT2D eigenvalue weighted by molar-refractivity contribution is -0.115. The van der Waals surface area contributed by atoms with Crippen LogP contribution in [0, 0.1) is 18.3 Å². The van der Waals surface area contributed by atoms with Gasteiger partial charge in [0.15, 0.2) is 0 Å². The van der Waals surface area contributed by atoms with Crippen molar-refractivity contribution in [2.45, 2.75) is 18.4 Å². The summed E-state index contributed by atoms with van der Waals surface area (Å²) in [5.74, 6) is 0.844. The average Bonchev–Trinajstić information content (AvgIpc) is 2.76. The largest absolute Gasteiger partial charge is 0.495 e. The molecular weight excluding hydrogens is 418 g/mol. The van der Waals surface area contributed by atoms with E-state index in [9.17, 15) is 10.1 Å². The van der Waals surface area contributed by atoms with Crippen molar-refractivity contribution < 1.29 is 9.53 Å². The lowest BCUT2D eigenvalue weighted by atomic mass is 10.1. The molecule has 0 spiro atoms. The van der Waals surface area contributed by atoms with Crippen molar-refractivity contribution in [1.82, 2.24) is 4.98 Å². The van der Waals surface area contributed by atoms with E-state index in [2.05, 4.69) is 16.4 Å². The second-order valence-electron chi connectivity index (χ2n) is 6.48. The summed E-state index contributed by atoms with van der Waals surface area (Å²) in [5, 5.41) is 13.4. The van der Waals surface area contributed by atoms with Crippen LogP contribution in [0.25, 0.3) is 11.3 Å². The van der Waals surface area contributed by atoms with Gasteiger partial charge in [-0.1, -0.05) is 41.9 Å². The number of aromatic nitrogens is 1. The van der Waals surface area contributed by atoms with E-state index in [1.54, 1.807) is 18.2 Å². The van der Waals surface area contributed by atoms with Crippen molar-refractivity contribution in [2.75, 3.05) is 18.2 Å². The molecule has 1 aromatic heterocycles. The molecule has 0 aliphatic carbocycles. The van der Waals surface area contributed by atoms with Crippen LogP contribution in [0.5, 0.6) is 5.75 Å². The Kier molecular flexibility index (Phi) is 7.34. The van der Waals surface area contributed by atoms with Crippen LogP contribution < -0.4 is 10.1 Å². The highest BCUT2D eigenvalue weighted by Gasteiger charge is 2.12. The van der Waals surface area contributed by atoms with Gasteiger partial charge in [-0.15, -0.1) is 11.8 Å². The third kappa shape index (κ3) is 5.32. The summed E-state index contributed by atoms with van der Waals surface area (Å²) < 4.78 is 5.29. The van der Waals surface area contributed by atoms with Crippen molar-refractivity contribution in [3.63, 3.8) is 0 Å². The van der Waals surface area contributed by atoms with E-state index < -0.39 is 0 Å². The van der Waals surface area contributed by atoms with Gasteiger partial charge in [-0.2, -0.15) is 5.26 Å². The van der Waals surface area contributed by atoms with Crippen LogP contribution in [0.3, 0.4) is 0 Å². The highest BCUT2D eigenvalue weighted by atomic mass is 35.5. The highest BCUT2D eigenvalue weighted by molar-refractivity contribution is 7.99. The Balaban J connectivity index is 1.66. The number of carbonyl (C=O) groups is 1. The van der Waals surface area contributed by atoms with Gasteiger partial charge in [-0.05, 0) is 30.7 Å². The fraction of sp³-hybridized carbons (Fsp3) is 0.174. The van der Waals surface area contributed by atoms with Crippen molar-refractivity contribution in [3.05, 3.63) is 70.7 Å². The predicted molar refractivity (Wildman–Crippen MR) is 121 cm³/mol. The maximum Gasteiger partial charge on any atom is 0.225 e. The van der Waals surface area contributed by atoms with Gasteiger partial charge < -0.3 is 10.1 Å². The number of nitriles is 1. The number of ether oxygens (including phenoxy) is 1. The summed E-state index contributed by atoms with van der Waals surface area (Å²) in [7, 11) is 1.53. The number of carbonyl (C=O) groups excluding carboxylic acids is 1. The zero-order chi connectivity index (χ0) is 21.5. The van der Waals surface area contributed by atoms with Gasteiger partial charge in [0.1, 0.15) is 16.8 Å². The normalized spacial score (nSPS) is 10.3. The summed E-state index contributed by atoms with van der Waals surface area (Å²) >= 11 is 7.50. The molecule has 3 aromatic rings. The standard InChI is InChI=1S/C23H20ClN3O2S/c1-15-12-20(21(29-2)13-18(15)24)26-22(28)10-11-30-23-17(14-25)8-9-19(27-23)16-6-4-3-5-7-16/h3-9,12-13H,10-11H2,1-2H3,(H,26,28). The first-order valence-corrected chi connectivity index (χ1v) is 10.6. The van der Waals surface area contributed by atoms with Crippen molar-refractivity contribution in [3.8, 4) is 23.1 Å². The number of halogens is 1. The Morgan fingerprint density at radius 1 is 1.23 bits per heavy atom. The van der Waals surface area contributed by atoms with Crippen molar-refractivity contribution in [1.29, 1.82) is 5.26 Å². The number of nitrogens with zero attached hydrogens (tertiary/aromatic N) is 2. The Bertz CT molecular complexity index is 1100. The summed E-state index contributed by atoms with van der Waals surface area (Å²) in [6.07, 6.45) is 0.262. The minimum absolute atomic E-state index is 0.153. The minimum Gasteiger partial charge on any atom is -0.495 e. The molecule has 30 heavy (non-hydrogen) atoms. The number of amides is 1. The molecule has 0 radical (unpaired) electrons. The number of methoxy groups -OCH3 is 1. The van der Waals surface area contributed by atoms with E-state index in [0.29, 0.717) is 32.8 Å². The minimum atomic E-state index is -0.153. The number of aryl methyl sites for hydroxylation is 1. The van der Waals surface area contributed by atoms with Crippen molar-refractivity contribution in [2.24, 2.45) is 0 Å². The zero-order valence-electron chi connectivity index (χ0n) is 16.6. The van der Waals surface area contributed by atoms with Crippen LogP contribution in [-0.2, 0) is 4.79 Å². The van der Waals surface area contributed by atoms with Gasteiger partial charge in [0.2, 0.25) is 5.91 Å². The lowest BCUT2D eigenvalue weighted by Gasteiger charge is -2.12. The van der Waals surface area contributed by atoms with Gasteiger partial charge in [0, 0.05) is 28.8 Å². The maximum atomic E-state index is 12.4. The summed E-state index contributed by atoms with van der Waals surface area (Å²) in [6.45, 7) is 1.86. The summed E-state index contributed by atoms with van der Waals surface area (Å²) in [4.78, 5) is 17.0. The third-order valence-corrected chi connectivity index (χ3v) is 5.77. The monoisotopic (exact) mass is 437 g/mol. The molecule has 0 unspecified atom stereocenters. The SMILES string of the molecule is COc1cc(Cl)c(C)cc1NC(=O)CCSc1nc(-c2ccccc2)ccc1C#N. The van der Waals surface area contributed by atoms with E-state index in [4.69, 9.17) is 16.3 Å². The number of rotatable bonds is 7. The Morgan fingerprint density at radius 3 is 2.70 bits per heavy atom. The van der Waals surface area contributed by atoms with Crippen molar-refractivity contribution >= 4 is 35.0 Å².